The van der Waals surface area contributed by atoms with Gasteiger partial charge in [-0.05, 0) is 54.8 Å². The molecular weight excluding hydrogens is 220 g/mol. The van der Waals surface area contributed by atoms with E-state index in [9.17, 15) is 0 Å². The van der Waals surface area contributed by atoms with Gasteiger partial charge in [-0.2, -0.15) is 0 Å². The van der Waals surface area contributed by atoms with Crippen molar-refractivity contribution >= 4 is 0 Å². The van der Waals surface area contributed by atoms with E-state index in [4.69, 9.17) is 0 Å². The van der Waals surface area contributed by atoms with Crippen LogP contribution in [0.4, 0.5) is 0 Å². The van der Waals surface area contributed by atoms with Crippen LogP contribution in [-0.2, 0) is 6.54 Å². The number of aromatic nitrogens is 1. The third kappa shape index (κ3) is 2.59. The van der Waals surface area contributed by atoms with Gasteiger partial charge in [0.15, 0.2) is 0 Å². The smallest absolute Gasteiger partial charge is 0.0273 e. The fraction of sp³-hybridized carbons (Fsp3) is 0.312. The Kier molecular flexibility index (Phi) is 3.37. The van der Waals surface area contributed by atoms with Crippen molar-refractivity contribution in [2.24, 2.45) is 0 Å². The van der Waals surface area contributed by atoms with Crippen molar-refractivity contribution in [3.05, 3.63) is 54.4 Å². The summed E-state index contributed by atoms with van der Waals surface area (Å²) < 4.78 is 0. The third-order valence-electron chi connectivity index (χ3n) is 3.57. The summed E-state index contributed by atoms with van der Waals surface area (Å²) in [7, 11) is 0. The van der Waals surface area contributed by atoms with Crippen LogP contribution in [-0.4, -0.2) is 23.0 Å². The Morgan fingerprint density at radius 2 is 1.44 bits per heavy atom. The van der Waals surface area contributed by atoms with E-state index in [1.54, 1.807) is 0 Å². The minimum Gasteiger partial charge on any atom is -0.299 e. The second-order valence-corrected chi connectivity index (χ2v) is 4.92. The van der Waals surface area contributed by atoms with Gasteiger partial charge in [-0.3, -0.25) is 9.88 Å². The molecule has 2 heterocycles. The molecule has 0 spiro atoms. The van der Waals surface area contributed by atoms with Crippen LogP contribution in [0, 0.1) is 0 Å². The van der Waals surface area contributed by atoms with Gasteiger partial charge in [-0.1, -0.05) is 24.3 Å². The van der Waals surface area contributed by atoms with Crippen molar-refractivity contribution < 1.29 is 0 Å². The molecule has 0 unspecified atom stereocenters. The number of hydrogen-bond acceptors (Lipinski definition) is 2. The highest BCUT2D eigenvalue weighted by Gasteiger charge is 2.11. The Hall–Kier alpha value is -1.67. The molecule has 0 atom stereocenters. The van der Waals surface area contributed by atoms with Crippen LogP contribution in [0.15, 0.2) is 48.8 Å². The minimum absolute atomic E-state index is 1.09. The topological polar surface area (TPSA) is 16.1 Å². The molecule has 0 aliphatic carbocycles. The van der Waals surface area contributed by atoms with E-state index in [0.29, 0.717) is 0 Å². The summed E-state index contributed by atoms with van der Waals surface area (Å²) in [5.41, 5.74) is 3.91. The number of rotatable bonds is 3. The largest absolute Gasteiger partial charge is 0.299 e. The van der Waals surface area contributed by atoms with E-state index in [1.165, 1.54) is 42.6 Å². The van der Waals surface area contributed by atoms with Gasteiger partial charge in [0.2, 0.25) is 0 Å². The van der Waals surface area contributed by atoms with E-state index in [1.807, 2.05) is 12.4 Å². The summed E-state index contributed by atoms with van der Waals surface area (Å²) in [6.07, 6.45) is 6.39. The summed E-state index contributed by atoms with van der Waals surface area (Å²) >= 11 is 0. The van der Waals surface area contributed by atoms with Crippen molar-refractivity contribution in [3.63, 3.8) is 0 Å². The first-order valence-electron chi connectivity index (χ1n) is 6.63. The average molecular weight is 238 g/mol. The lowest BCUT2D eigenvalue weighted by Crippen LogP contribution is -2.18. The Morgan fingerprint density at radius 3 is 2.11 bits per heavy atom. The molecular formula is C16H18N2. The zero-order valence-corrected chi connectivity index (χ0v) is 10.5. The molecule has 92 valence electrons. The molecule has 1 fully saturated rings. The molecule has 1 aromatic heterocycles. The number of benzene rings is 1. The predicted octanol–water partition coefficient (Wildman–Crippen LogP) is 3.34. The quantitative estimate of drug-likeness (QED) is 0.815. The molecule has 2 aromatic rings. The lowest BCUT2D eigenvalue weighted by molar-refractivity contribution is 0.331. The Bertz CT molecular complexity index is 484. The van der Waals surface area contributed by atoms with Crippen molar-refractivity contribution in [3.8, 4) is 11.1 Å². The van der Waals surface area contributed by atoms with E-state index in [2.05, 4.69) is 46.3 Å². The maximum Gasteiger partial charge on any atom is 0.0273 e. The Labute approximate surface area is 108 Å². The number of nitrogens with zero attached hydrogens (tertiary/aromatic N) is 2. The fourth-order valence-corrected chi connectivity index (χ4v) is 2.55. The maximum atomic E-state index is 4.05. The highest BCUT2D eigenvalue weighted by Crippen LogP contribution is 2.20. The molecule has 18 heavy (non-hydrogen) atoms. The van der Waals surface area contributed by atoms with Gasteiger partial charge >= 0.3 is 0 Å². The summed E-state index contributed by atoms with van der Waals surface area (Å²) in [5.74, 6) is 0. The van der Waals surface area contributed by atoms with Crippen LogP contribution in [0.25, 0.3) is 11.1 Å². The molecule has 1 saturated heterocycles. The first-order chi connectivity index (χ1) is 8.92. The lowest BCUT2D eigenvalue weighted by atomic mass is 10.1. The van der Waals surface area contributed by atoms with Crippen LogP contribution in [0.2, 0.25) is 0 Å². The van der Waals surface area contributed by atoms with Gasteiger partial charge in [0.05, 0.1) is 0 Å². The first-order valence-corrected chi connectivity index (χ1v) is 6.63. The molecule has 1 aliphatic heterocycles. The highest BCUT2D eigenvalue weighted by molar-refractivity contribution is 5.62. The molecule has 1 aliphatic rings. The standard InChI is InChI=1S/C16H18N2/c1-2-12-18(11-1)13-14-3-5-15(6-4-14)16-7-9-17-10-8-16/h3-10H,1-2,11-13H2. The summed E-state index contributed by atoms with van der Waals surface area (Å²) in [6, 6.07) is 13.0. The highest BCUT2D eigenvalue weighted by atomic mass is 15.1. The molecule has 3 rings (SSSR count). The van der Waals surface area contributed by atoms with Gasteiger partial charge in [-0.25, -0.2) is 0 Å². The fourth-order valence-electron chi connectivity index (χ4n) is 2.55. The normalized spacial score (nSPS) is 16.0. The molecule has 2 heteroatoms. The molecule has 1 aromatic carbocycles. The SMILES string of the molecule is c1cc(-c2ccc(CN3CCCC3)cc2)ccn1. The minimum atomic E-state index is 1.09. The van der Waals surface area contributed by atoms with Crippen LogP contribution in [0.1, 0.15) is 18.4 Å². The second-order valence-electron chi connectivity index (χ2n) is 4.92. The maximum absolute atomic E-state index is 4.05. The second kappa shape index (κ2) is 5.32. The van der Waals surface area contributed by atoms with Crippen molar-refractivity contribution in [2.45, 2.75) is 19.4 Å². The first kappa shape index (κ1) is 11.4. The van der Waals surface area contributed by atoms with E-state index in [-0.39, 0.29) is 0 Å². The van der Waals surface area contributed by atoms with Crippen molar-refractivity contribution in [2.75, 3.05) is 13.1 Å². The van der Waals surface area contributed by atoms with Crippen LogP contribution < -0.4 is 0 Å². The summed E-state index contributed by atoms with van der Waals surface area (Å²) in [6.45, 7) is 3.61. The van der Waals surface area contributed by atoms with Gasteiger partial charge in [0, 0.05) is 18.9 Å². The molecule has 0 amide bonds. The van der Waals surface area contributed by atoms with Crippen LogP contribution >= 0.6 is 0 Å². The molecule has 0 bridgehead atoms. The lowest BCUT2D eigenvalue weighted by Gasteiger charge is -2.14. The molecule has 0 radical (unpaired) electrons. The average Bonchev–Trinajstić information content (AvgIpc) is 2.94. The monoisotopic (exact) mass is 238 g/mol. The third-order valence-corrected chi connectivity index (χ3v) is 3.57. The van der Waals surface area contributed by atoms with E-state index < -0.39 is 0 Å². The van der Waals surface area contributed by atoms with Crippen molar-refractivity contribution in [1.82, 2.24) is 9.88 Å². The van der Waals surface area contributed by atoms with Gasteiger partial charge in [0.1, 0.15) is 0 Å². The van der Waals surface area contributed by atoms with Crippen LogP contribution in [0.5, 0.6) is 0 Å². The number of pyridine rings is 1. The van der Waals surface area contributed by atoms with E-state index >= 15 is 0 Å². The van der Waals surface area contributed by atoms with Crippen molar-refractivity contribution in [1.29, 1.82) is 0 Å². The zero-order chi connectivity index (χ0) is 12.2. The van der Waals surface area contributed by atoms with Crippen LogP contribution in [0.3, 0.4) is 0 Å². The van der Waals surface area contributed by atoms with E-state index in [0.717, 1.165) is 6.54 Å². The molecule has 0 saturated carbocycles. The van der Waals surface area contributed by atoms with Gasteiger partial charge in [0.25, 0.3) is 0 Å². The number of hydrogen-bond donors (Lipinski definition) is 0. The Balaban J connectivity index is 1.72. The van der Waals surface area contributed by atoms with Gasteiger partial charge in [-0.15, -0.1) is 0 Å². The Morgan fingerprint density at radius 1 is 0.833 bits per heavy atom. The van der Waals surface area contributed by atoms with Gasteiger partial charge < -0.3 is 0 Å². The summed E-state index contributed by atoms with van der Waals surface area (Å²) in [5, 5.41) is 0. The molecule has 0 N–H and O–H groups in total. The number of likely N-dealkylation sites (tertiary alicyclic amines) is 1. The zero-order valence-electron chi connectivity index (χ0n) is 10.5. The predicted molar refractivity (Wildman–Crippen MR) is 74.2 cm³/mol. The molecule has 2 nitrogen and oxygen atoms in total. The summed E-state index contributed by atoms with van der Waals surface area (Å²) in [4.78, 5) is 6.58.